The fraction of sp³-hybridized carbons (Fsp3) is 0.897. The van der Waals surface area contributed by atoms with Gasteiger partial charge in [0.05, 0.1) is 42.7 Å². The Bertz CT molecular complexity index is 2370. The van der Waals surface area contributed by atoms with Crippen LogP contribution in [0.15, 0.2) is 33.9 Å². The fourth-order valence-electron chi connectivity index (χ4n) is 21.3. The molecule has 14 aliphatic rings. The molecule has 6 heterocycles. The van der Waals surface area contributed by atoms with Crippen LogP contribution in [0.2, 0.25) is 0 Å². The molecule has 10 fully saturated rings. The summed E-state index contributed by atoms with van der Waals surface area (Å²) in [6, 6.07) is 0. The van der Waals surface area contributed by atoms with E-state index in [0.717, 1.165) is 77.0 Å². The van der Waals surface area contributed by atoms with Gasteiger partial charge in [0, 0.05) is 40.4 Å². The molecule has 0 aromatic carbocycles. The minimum Gasteiger partial charge on any atom is -0.726 e. The Morgan fingerprint density at radius 3 is 2.10 bits per heavy atom. The summed E-state index contributed by atoms with van der Waals surface area (Å²) in [5.74, 6) is 0.529. The van der Waals surface area contributed by atoms with E-state index in [-0.39, 0.29) is 86.5 Å². The van der Waals surface area contributed by atoms with Gasteiger partial charge in [-0.25, -0.2) is 8.42 Å². The van der Waals surface area contributed by atoms with Crippen molar-refractivity contribution >= 4 is 10.4 Å². The van der Waals surface area contributed by atoms with Crippen LogP contribution in [0, 0.1) is 79.8 Å². The maximum absolute atomic E-state index is 12.4. The van der Waals surface area contributed by atoms with Crippen LogP contribution in [0.4, 0.5) is 0 Å². The van der Waals surface area contributed by atoms with Crippen molar-refractivity contribution in [1.82, 2.24) is 0 Å². The second-order valence-corrected chi connectivity index (χ2v) is 29.5. The molecule has 6 bridgehead atoms. The van der Waals surface area contributed by atoms with E-state index in [1.165, 1.54) is 36.0 Å². The first-order valence-electron chi connectivity index (χ1n) is 28.0. The Hall–Kier alpha value is -0.150. The maximum atomic E-state index is 12.4. The zero-order chi connectivity index (χ0) is 49.1. The summed E-state index contributed by atoms with van der Waals surface area (Å²) < 4.78 is 70.4. The molecule has 14 rings (SSSR count). The quantitative estimate of drug-likeness (QED) is 0.106. The number of allylic oxidation sites excluding steroid dienone is 2. The minimum absolute atomic E-state index is 0. The SMILES string of the molecule is CC([C@H]1CCC2C3=C(CC[C@@]21C)[C@]12CC[C@@](O)(OC1)C(C)(C)C2[C@@H](OS(=O)(=O)[O-])C3)[C@H]1C[C@@H]2C[C@@](C)(OC2(C)C)[C@H](CC[C@@H](C)[C@H]2CCC3C4=C(CC[C@@]32C)[C@]23CC[C@@](O)(OC2)C(C)(C)C3=CC4)O1.[Na+]. The summed E-state index contributed by atoms with van der Waals surface area (Å²) in [6.07, 6.45) is 19.5. The first-order chi connectivity index (χ1) is 32.1. The summed E-state index contributed by atoms with van der Waals surface area (Å²) in [5.41, 5.74) is 5.67. The average molecular weight is 999 g/mol. The molecule has 4 unspecified atom stereocenters. The molecule has 6 saturated heterocycles. The van der Waals surface area contributed by atoms with Crippen molar-refractivity contribution in [3.63, 3.8) is 0 Å². The van der Waals surface area contributed by atoms with Gasteiger partial charge in [0.15, 0.2) is 11.6 Å². The van der Waals surface area contributed by atoms with Crippen LogP contribution in [-0.2, 0) is 33.5 Å². The van der Waals surface area contributed by atoms with E-state index < -0.39 is 38.9 Å². The van der Waals surface area contributed by atoms with E-state index >= 15 is 0 Å². The number of hydrogen-bond donors (Lipinski definition) is 2. The molecule has 6 aliphatic heterocycles. The van der Waals surface area contributed by atoms with Gasteiger partial charge < -0.3 is 33.7 Å². The molecule has 0 amide bonds. The molecule has 2 spiro atoms. The first kappa shape index (κ1) is 51.9. The van der Waals surface area contributed by atoms with E-state index in [4.69, 9.17) is 23.1 Å². The molecule has 12 heteroatoms. The molecule has 0 radical (unpaired) electrons. The van der Waals surface area contributed by atoms with Gasteiger partial charge in [-0.05, 0) is 176 Å². The van der Waals surface area contributed by atoms with E-state index in [0.29, 0.717) is 68.0 Å². The van der Waals surface area contributed by atoms with Crippen molar-refractivity contribution in [2.24, 2.45) is 79.8 Å². The summed E-state index contributed by atoms with van der Waals surface area (Å²) in [5, 5.41) is 23.3. The van der Waals surface area contributed by atoms with Crippen LogP contribution in [0.3, 0.4) is 0 Å². The molecular weight excluding hydrogens is 912 g/mol. The van der Waals surface area contributed by atoms with Gasteiger partial charge in [0.25, 0.3) is 0 Å². The van der Waals surface area contributed by atoms with E-state index in [1.54, 1.807) is 11.1 Å². The van der Waals surface area contributed by atoms with Crippen molar-refractivity contribution in [3.8, 4) is 0 Å². The van der Waals surface area contributed by atoms with Crippen LogP contribution in [0.5, 0.6) is 0 Å². The Balaban J connectivity index is 0.00000533. The van der Waals surface area contributed by atoms with Crippen molar-refractivity contribution in [1.29, 1.82) is 0 Å². The fourth-order valence-corrected chi connectivity index (χ4v) is 21.8. The van der Waals surface area contributed by atoms with Gasteiger partial charge in [0.2, 0.25) is 10.4 Å². The predicted octanol–water partition coefficient (Wildman–Crippen LogP) is 8.27. The van der Waals surface area contributed by atoms with Crippen LogP contribution in [-0.4, -0.2) is 77.5 Å². The van der Waals surface area contributed by atoms with E-state index in [2.05, 4.69) is 68.4 Å². The smallest absolute Gasteiger partial charge is 0.726 e. The third kappa shape index (κ3) is 6.89. The summed E-state index contributed by atoms with van der Waals surface area (Å²) >= 11 is 0. The van der Waals surface area contributed by atoms with Crippen molar-refractivity contribution in [2.45, 2.75) is 233 Å². The number of aliphatic hydroxyl groups is 2. The van der Waals surface area contributed by atoms with Crippen LogP contribution < -0.4 is 29.6 Å². The number of ether oxygens (including phenoxy) is 4. The molecule has 2 N–H and O–H groups in total. The molecule has 10 nitrogen and oxygen atoms in total. The Morgan fingerprint density at radius 1 is 0.800 bits per heavy atom. The second kappa shape index (κ2) is 16.2. The largest absolute Gasteiger partial charge is 1.00 e. The van der Waals surface area contributed by atoms with Crippen molar-refractivity contribution in [3.05, 3.63) is 33.9 Å². The molecule has 0 aromatic heterocycles. The third-order valence-electron chi connectivity index (χ3n) is 24.9. The van der Waals surface area contributed by atoms with Gasteiger partial charge in [-0.2, -0.15) is 0 Å². The summed E-state index contributed by atoms with van der Waals surface area (Å²) in [4.78, 5) is 0. The normalized spacial score (nSPS) is 50.9. The monoisotopic (exact) mass is 999 g/mol. The summed E-state index contributed by atoms with van der Waals surface area (Å²) in [7, 11) is -4.98. The third-order valence-corrected chi connectivity index (χ3v) is 25.4. The second-order valence-electron chi connectivity index (χ2n) is 28.5. The minimum atomic E-state index is -4.98. The molecular formula is C58H87NaO10S. The molecule has 70 heavy (non-hydrogen) atoms. The number of rotatable bonds is 8. The summed E-state index contributed by atoms with van der Waals surface area (Å²) in [6.45, 7) is 26.5. The van der Waals surface area contributed by atoms with Gasteiger partial charge in [-0.3, -0.25) is 4.18 Å². The van der Waals surface area contributed by atoms with Gasteiger partial charge >= 0.3 is 29.6 Å². The zero-order valence-electron chi connectivity index (χ0n) is 45.1. The predicted molar refractivity (Wildman–Crippen MR) is 262 cm³/mol. The van der Waals surface area contributed by atoms with Gasteiger partial charge in [0.1, 0.15) is 0 Å². The molecule has 0 aromatic rings. The maximum Gasteiger partial charge on any atom is 1.00 e. The van der Waals surface area contributed by atoms with Crippen LogP contribution in [0.25, 0.3) is 0 Å². The van der Waals surface area contributed by atoms with E-state index in [9.17, 15) is 23.2 Å². The topological polar surface area (TPSA) is 144 Å². The first-order valence-corrected chi connectivity index (χ1v) is 29.3. The molecule has 386 valence electrons. The van der Waals surface area contributed by atoms with Crippen molar-refractivity contribution in [2.75, 3.05) is 13.2 Å². The van der Waals surface area contributed by atoms with Crippen LogP contribution in [0.1, 0.15) is 192 Å². The Morgan fingerprint density at radius 2 is 1.44 bits per heavy atom. The molecule has 8 aliphatic carbocycles. The zero-order valence-corrected chi connectivity index (χ0v) is 48.0. The Kier molecular flexibility index (Phi) is 12.0. The van der Waals surface area contributed by atoms with Crippen LogP contribution >= 0.6 is 0 Å². The number of fused-ring (bicyclic) bond motifs is 10. The van der Waals surface area contributed by atoms with Gasteiger partial charge in [-0.15, -0.1) is 0 Å². The van der Waals surface area contributed by atoms with E-state index in [1.807, 2.05) is 13.8 Å². The molecule has 18 atom stereocenters. The van der Waals surface area contributed by atoms with Crippen molar-refractivity contribution < 1.29 is 75.9 Å². The standard InChI is InChI=1S/C58H88O10S.Na/c1-33(38-14-16-40-36-13-18-46-49(3,4)57(59)26-24-55(46,31-64-57)42(36)20-22-52(38,40)9)12-19-47-54(11)30-35(51(7,8)68-54)28-44(66-47)34(2)39-15-17-41-37-29-45(67-69(61,62)63)48-50(5,6)58(60)27-25-56(48,32-65-58)43(37)21-23-53(39,41)10;/h18,33-35,38-41,44-45,47-48,59-60H,12-17,19-32H2,1-11H3,(H,61,62,63);/q;+1/p-1/t33-,34?,35-,38-,39-,40?,41?,44-,45+,47+,48?,52-,53-,54-,55+,56+,57-,58-;/m1./s1. The Labute approximate surface area is 443 Å². The molecule has 4 saturated carbocycles. The average Bonchev–Trinajstić information content (AvgIpc) is 3.85. The number of hydrogen-bond acceptors (Lipinski definition) is 10. The van der Waals surface area contributed by atoms with Gasteiger partial charge in [-0.1, -0.05) is 89.3 Å².